The summed E-state index contributed by atoms with van der Waals surface area (Å²) < 4.78 is 0. The van der Waals surface area contributed by atoms with Gasteiger partial charge in [0, 0.05) is 38.4 Å². The molecule has 2 saturated heterocycles. The van der Waals surface area contributed by atoms with E-state index in [1.807, 2.05) is 6.07 Å². The van der Waals surface area contributed by atoms with E-state index in [1.165, 1.54) is 5.69 Å². The van der Waals surface area contributed by atoms with Crippen LogP contribution in [-0.2, 0) is 4.79 Å². The number of carboxylic acid groups (broad SMARTS) is 1. The lowest BCUT2D eigenvalue weighted by atomic mass is 9.97. The van der Waals surface area contributed by atoms with Crippen LogP contribution < -0.4 is 10.2 Å². The highest BCUT2D eigenvalue weighted by Crippen LogP contribution is 2.22. The van der Waals surface area contributed by atoms with Gasteiger partial charge in [-0.15, -0.1) is 0 Å². The highest BCUT2D eigenvalue weighted by molar-refractivity contribution is 5.76. The molecule has 2 fully saturated rings. The van der Waals surface area contributed by atoms with Crippen LogP contribution in [0.5, 0.6) is 0 Å². The van der Waals surface area contributed by atoms with Crippen molar-refractivity contribution >= 4 is 17.7 Å². The second-order valence-corrected chi connectivity index (χ2v) is 7.10. The molecule has 2 amide bonds. The first-order chi connectivity index (χ1) is 12.1. The molecule has 6 heteroatoms. The molecule has 2 unspecified atom stereocenters. The summed E-state index contributed by atoms with van der Waals surface area (Å²) in [6, 6.07) is 10.3. The highest BCUT2D eigenvalue weighted by atomic mass is 16.4. The van der Waals surface area contributed by atoms with Crippen molar-refractivity contribution < 1.29 is 14.7 Å². The third kappa shape index (κ3) is 4.65. The van der Waals surface area contributed by atoms with E-state index in [0.717, 1.165) is 32.4 Å². The Morgan fingerprint density at radius 1 is 1.08 bits per heavy atom. The predicted molar refractivity (Wildman–Crippen MR) is 96.7 cm³/mol. The molecule has 1 aromatic rings. The number of aliphatic carboxylic acids is 1. The van der Waals surface area contributed by atoms with E-state index in [4.69, 9.17) is 5.11 Å². The number of para-hydroxylation sites is 1. The van der Waals surface area contributed by atoms with Crippen molar-refractivity contribution in [3.05, 3.63) is 30.3 Å². The zero-order valence-electron chi connectivity index (χ0n) is 14.6. The Kier molecular flexibility index (Phi) is 5.79. The number of urea groups is 1. The molecule has 0 radical (unpaired) electrons. The summed E-state index contributed by atoms with van der Waals surface area (Å²) in [5.74, 6) is -0.802. The van der Waals surface area contributed by atoms with Gasteiger partial charge in [-0.1, -0.05) is 18.2 Å². The van der Waals surface area contributed by atoms with Crippen molar-refractivity contribution in [1.82, 2.24) is 10.2 Å². The predicted octanol–water partition coefficient (Wildman–Crippen LogP) is 2.41. The number of nitrogens with one attached hydrogen (secondary N) is 1. The fourth-order valence-corrected chi connectivity index (χ4v) is 3.81. The summed E-state index contributed by atoms with van der Waals surface area (Å²) >= 11 is 0. The summed E-state index contributed by atoms with van der Waals surface area (Å²) in [6.45, 7) is 3.62. The Balaban J connectivity index is 1.48. The van der Waals surface area contributed by atoms with Gasteiger partial charge in [-0.05, 0) is 43.7 Å². The van der Waals surface area contributed by atoms with Crippen LogP contribution in [0.15, 0.2) is 30.3 Å². The largest absolute Gasteiger partial charge is 0.481 e. The third-order valence-electron chi connectivity index (χ3n) is 5.24. The van der Waals surface area contributed by atoms with Crippen molar-refractivity contribution in [2.45, 2.75) is 25.7 Å². The van der Waals surface area contributed by atoms with Crippen molar-refractivity contribution in [1.29, 1.82) is 0 Å². The number of amides is 2. The number of carbonyl (C=O) groups is 2. The Hall–Kier alpha value is -2.24. The van der Waals surface area contributed by atoms with E-state index in [2.05, 4.69) is 34.5 Å². The van der Waals surface area contributed by atoms with Gasteiger partial charge in [-0.2, -0.15) is 0 Å². The minimum absolute atomic E-state index is 0.122. The first-order valence-electron chi connectivity index (χ1n) is 9.19. The van der Waals surface area contributed by atoms with Gasteiger partial charge in [0.15, 0.2) is 0 Å². The summed E-state index contributed by atoms with van der Waals surface area (Å²) in [4.78, 5) is 27.5. The van der Waals surface area contributed by atoms with Crippen LogP contribution in [0.2, 0.25) is 0 Å². The summed E-state index contributed by atoms with van der Waals surface area (Å²) in [5, 5.41) is 12.2. The van der Waals surface area contributed by atoms with Crippen molar-refractivity contribution in [2.24, 2.45) is 11.8 Å². The Morgan fingerprint density at radius 3 is 2.60 bits per heavy atom. The number of rotatable bonds is 4. The monoisotopic (exact) mass is 345 g/mol. The number of carbonyl (C=O) groups excluding carboxylic acids is 1. The highest BCUT2D eigenvalue weighted by Gasteiger charge is 2.28. The summed E-state index contributed by atoms with van der Waals surface area (Å²) in [7, 11) is 0. The molecule has 0 saturated carbocycles. The zero-order valence-corrected chi connectivity index (χ0v) is 14.6. The van der Waals surface area contributed by atoms with E-state index in [1.54, 1.807) is 4.90 Å². The van der Waals surface area contributed by atoms with Crippen LogP contribution >= 0.6 is 0 Å². The number of likely N-dealkylation sites (tertiary alicyclic amines) is 1. The lowest BCUT2D eigenvalue weighted by molar-refractivity contribution is -0.143. The van der Waals surface area contributed by atoms with Crippen LogP contribution in [0, 0.1) is 11.8 Å². The van der Waals surface area contributed by atoms with Gasteiger partial charge in [0.25, 0.3) is 0 Å². The average Bonchev–Trinajstić information content (AvgIpc) is 2.67. The van der Waals surface area contributed by atoms with Gasteiger partial charge in [0.1, 0.15) is 0 Å². The van der Waals surface area contributed by atoms with E-state index in [0.29, 0.717) is 32.0 Å². The number of piperidine rings is 2. The molecule has 0 aromatic heterocycles. The standard InChI is InChI=1S/C19H27N3O3/c23-18(24)16-7-5-11-22(14-16)19(25)20-12-15-6-4-10-21(13-15)17-8-2-1-3-9-17/h1-3,8-9,15-16H,4-7,10-14H2,(H,20,25)(H,23,24). The Labute approximate surface area is 148 Å². The lowest BCUT2D eigenvalue weighted by Gasteiger charge is -2.35. The molecule has 6 nitrogen and oxygen atoms in total. The number of benzene rings is 1. The van der Waals surface area contributed by atoms with Gasteiger partial charge in [0.05, 0.1) is 5.92 Å². The second-order valence-electron chi connectivity index (χ2n) is 7.10. The third-order valence-corrected chi connectivity index (χ3v) is 5.24. The van der Waals surface area contributed by atoms with Gasteiger partial charge in [-0.25, -0.2) is 4.79 Å². The zero-order chi connectivity index (χ0) is 17.6. The first-order valence-corrected chi connectivity index (χ1v) is 9.19. The molecule has 2 atom stereocenters. The topological polar surface area (TPSA) is 72.9 Å². The molecule has 0 bridgehead atoms. The van der Waals surface area contributed by atoms with E-state index in [-0.39, 0.29) is 6.03 Å². The fourth-order valence-electron chi connectivity index (χ4n) is 3.81. The van der Waals surface area contributed by atoms with Gasteiger partial charge in [0.2, 0.25) is 0 Å². The van der Waals surface area contributed by atoms with E-state index in [9.17, 15) is 9.59 Å². The molecule has 2 heterocycles. The number of hydrogen-bond acceptors (Lipinski definition) is 3. The molecule has 0 aliphatic carbocycles. The molecule has 136 valence electrons. The average molecular weight is 345 g/mol. The van der Waals surface area contributed by atoms with Crippen LogP contribution in [0.3, 0.4) is 0 Å². The molecule has 2 aliphatic rings. The van der Waals surface area contributed by atoms with E-state index >= 15 is 0 Å². The number of anilines is 1. The maximum absolute atomic E-state index is 12.4. The maximum Gasteiger partial charge on any atom is 0.317 e. The van der Waals surface area contributed by atoms with E-state index < -0.39 is 11.9 Å². The maximum atomic E-state index is 12.4. The Morgan fingerprint density at radius 2 is 1.84 bits per heavy atom. The molecule has 2 aliphatic heterocycles. The molecule has 0 spiro atoms. The normalized spacial score (nSPS) is 24.0. The van der Waals surface area contributed by atoms with Gasteiger partial charge in [-0.3, -0.25) is 4.79 Å². The van der Waals surface area contributed by atoms with Crippen LogP contribution in [0.1, 0.15) is 25.7 Å². The minimum Gasteiger partial charge on any atom is -0.481 e. The second kappa shape index (κ2) is 8.23. The molecule has 2 N–H and O–H groups in total. The quantitative estimate of drug-likeness (QED) is 0.879. The molecule has 3 rings (SSSR count). The van der Waals surface area contributed by atoms with Gasteiger partial charge >= 0.3 is 12.0 Å². The summed E-state index contributed by atoms with van der Waals surface area (Å²) in [5.41, 5.74) is 1.24. The van der Waals surface area contributed by atoms with Crippen molar-refractivity contribution in [3.63, 3.8) is 0 Å². The molecular weight excluding hydrogens is 318 g/mol. The van der Waals surface area contributed by atoms with Crippen molar-refractivity contribution in [2.75, 3.05) is 37.6 Å². The minimum atomic E-state index is -0.803. The summed E-state index contributed by atoms with van der Waals surface area (Å²) in [6.07, 6.45) is 3.66. The lowest BCUT2D eigenvalue weighted by Crippen LogP contribution is -2.49. The van der Waals surface area contributed by atoms with Crippen LogP contribution in [0.4, 0.5) is 10.5 Å². The van der Waals surface area contributed by atoms with Crippen LogP contribution in [0.25, 0.3) is 0 Å². The Bertz CT molecular complexity index is 593. The number of hydrogen-bond donors (Lipinski definition) is 2. The van der Waals surface area contributed by atoms with Gasteiger partial charge < -0.3 is 20.2 Å². The van der Waals surface area contributed by atoms with Crippen LogP contribution in [-0.4, -0.2) is 54.7 Å². The van der Waals surface area contributed by atoms with Crippen molar-refractivity contribution in [3.8, 4) is 0 Å². The molecule has 1 aromatic carbocycles. The molecule has 25 heavy (non-hydrogen) atoms. The first kappa shape index (κ1) is 17.6. The number of nitrogens with zero attached hydrogens (tertiary/aromatic N) is 2. The number of carboxylic acids is 1. The molecular formula is C19H27N3O3. The fraction of sp³-hybridized carbons (Fsp3) is 0.579. The smallest absolute Gasteiger partial charge is 0.317 e. The SMILES string of the molecule is O=C(O)C1CCCN(C(=O)NCC2CCCN(c3ccccc3)C2)C1.